The van der Waals surface area contributed by atoms with Gasteiger partial charge in [-0.05, 0) is 34.1 Å². The second-order valence-electron chi connectivity index (χ2n) is 6.03. The minimum Gasteiger partial charge on any atom is -0.444 e. The summed E-state index contributed by atoms with van der Waals surface area (Å²) in [5.41, 5.74) is 0.405. The van der Waals surface area contributed by atoms with Crippen LogP contribution in [0.4, 0.5) is 4.79 Å². The molecule has 2 atom stereocenters. The van der Waals surface area contributed by atoms with Gasteiger partial charge in [0.15, 0.2) is 0 Å². The third-order valence-corrected chi connectivity index (χ3v) is 3.12. The van der Waals surface area contributed by atoms with E-state index in [0.29, 0.717) is 6.42 Å². The highest BCUT2D eigenvalue weighted by molar-refractivity contribution is 5.68. The number of alkyl carbamates (subject to hydrolysis) is 1. The number of nitrogens with one attached hydrogen (secondary N) is 1. The van der Waals surface area contributed by atoms with Gasteiger partial charge >= 0.3 is 6.09 Å². The van der Waals surface area contributed by atoms with Crippen molar-refractivity contribution in [2.45, 2.75) is 52.7 Å². The van der Waals surface area contributed by atoms with Crippen LogP contribution in [0.5, 0.6) is 0 Å². The first-order valence-corrected chi connectivity index (χ1v) is 5.95. The molecule has 0 radical (unpaired) electrons. The molecule has 4 nitrogen and oxygen atoms in total. The lowest BCUT2D eigenvalue weighted by molar-refractivity contribution is 0.0505. The maximum absolute atomic E-state index is 11.6. The van der Waals surface area contributed by atoms with Gasteiger partial charge in [-0.1, -0.05) is 18.6 Å². The number of carbonyl (C=O) groups excluding carboxylic acids is 1. The first kappa shape index (κ1) is 14.0. The molecule has 17 heavy (non-hydrogen) atoms. The summed E-state index contributed by atoms with van der Waals surface area (Å²) in [6.07, 6.45) is 2.29. The van der Waals surface area contributed by atoms with Gasteiger partial charge in [0.2, 0.25) is 0 Å². The Morgan fingerprint density at radius 2 is 2.24 bits per heavy atom. The van der Waals surface area contributed by atoms with Crippen LogP contribution in [0, 0.1) is 5.41 Å². The van der Waals surface area contributed by atoms with E-state index in [1.54, 1.807) is 0 Å². The molecular formula is C13H23NO3. The van der Waals surface area contributed by atoms with Crippen LogP contribution >= 0.6 is 0 Å². The van der Waals surface area contributed by atoms with Crippen LogP contribution in [-0.2, 0) is 4.74 Å². The van der Waals surface area contributed by atoms with Crippen LogP contribution in [0.25, 0.3) is 0 Å². The summed E-state index contributed by atoms with van der Waals surface area (Å²) in [6.45, 7) is 9.57. The van der Waals surface area contributed by atoms with Crippen molar-refractivity contribution in [1.82, 2.24) is 5.32 Å². The van der Waals surface area contributed by atoms with Gasteiger partial charge in [-0.25, -0.2) is 4.79 Å². The minimum atomic E-state index is -0.484. The van der Waals surface area contributed by atoms with Crippen LogP contribution in [0.3, 0.4) is 0 Å². The second-order valence-corrected chi connectivity index (χ2v) is 6.03. The summed E-state index contributed by atoms with van der Waals surface area (Å²) in [7, 11) is 0. The van der Waals surface area contributed by atoms with E-state index in [-0.39, 0.29) is 18.1 Å². The van der Waals surface area contributed by atoms with Gasteiger partial charge in [0.1, 0.15) is 5.60 Å². The Hall–Kier alpha value is -1.03. The number of carbonyl (C=O) groups is 1. The fraction of sp³-hybridized carbons (Fsp3) is 0.769. The van der Waals surface area contributed by atoms with Gasteiger partial charge in [0.05, 0.1) is 12.6 Å². The number of hydrogen-bond acceptors (Lipinski definition) is 3. The van der Waals surface area contributed by atoms with Crippen LogP contribution in [0.2, 0.25) is 0 Å². The van der Waals surface area contributed by atoms with E-state index < -0.39 is 11.7 Å². The average molecular weight is 241 g/mol. The zero-order chi connectivity index (χ0) is 13.3. The van der Waals surface area contributed by atoms with Gasteiger partial charge < -0.3 is 15.2 Å². The molecule has 2 N–H and O–H groups in total. The van der Waals surface area contributed by atoms with Crippen molar-refractivity contribution in [2.24, 2.45) is 5.41 Å². The Kier molecular flexibility index (Phi) is 3.87. The largest absolute Gasteiger partial charge is 0.444 e. The molecule has 1 amide bonds. The van der Waals surface area contributed by atoms with Crippen LogP contribution < -0.4 is 5.32 Å². The molecule has 0 saturated carbocycles. The van der Waals surface area contributed by atoms with Crippen molar-refractivity contribution in [2.75, 3.05) is 6.61 Å². The van der Waals surface area contributed by atoms with Crippen LogP contribution in [-0.4, -0.2) is 29.4 Å². The number of amides is 1. The predicted molar refractivity (Wildman–Crippen MR) is 66.7 cm³/mol. The maximum Gasteiger partial charge on any atom is 0.408 e. The lowest BCUT2D eigenvalue weighted by atomic mass is 9.85. The highest BCUT2D eigenvalue weighted by Crippen LogP contribution is 2.37. The molecular weight excluding hydrogens is 218 g/mol. The highest BCUT2D eigenvalue weighted by Gasteiger charge is 2.35. The van der Waals surface area contributed by atoms with Gasteiger partial charge in [0, 0.05) is 5.41 Å². The molecule has 1 rings (SSSR count). The standard InChI is InChI=1S/C13H23NO3/c1-9-6-10(7-13(9,5)8-15)14-11(16)17-12(2,3)4/h6,10,15H,7-8H2,1-5H3,(H,14,16)/t10-,13+/m0/s1. The van der Waals surface area contributed by atoms with Crippen molar-refractivity contribution < 1.29 is 14.6 Å². The maximum atomic E-state index is 11.6. The molecule has 0 aromatic carbocycles. The molecule has 98 valence electrons. The topological polar surface area (TPSA) is 58.6 Å². The number of hydrogen-bond donors (Lipinski definition) is 2. The van der Waals surface area contributed by atoms with Crippen LogP contribution in [0.15, 0.2) is 11.6 Å². The molecule has 0 fully saturated rings. The highest BCUT2D eigenvalue weighted by atomic mass is 16.6. The Balaban J connectivity index is 2.54. The van der Waals surface area contributed by atoms with Gasteiger partial charge in [-0.3, -0.25) is 0 Å². The number of rotatable bonds is 2. The van der Waals surface area contributed by atoms with Crippen molar-refractivity contribution >= 4 is 6.09 Å². The van der Waals surface area contributed by atoms with Crippen molar-refractivity contribution in [1.29, 1.82) is 0 Å². The van der Waals surface area contributed by atoms with Crippen molar-refractivity contribution in [3.05, 3.63) is 11.6 Å². The van der Waals surface area contributed by atoms with Gasteiger partial charge in [0.25, 0.3) is 0 Å². The van der Waals surface area contributed by atoms with E-state index in [4.69, 9.17) is 4.74 Å². The monoisotopic (exact) mass is 241 g/mol. The Bertz CT molecular complexity index is 330. The third kappa shape index (κ3) is 3.73. The van der Waals surface area contributed by atoms with Gasteiger partial charge in [-0.2, -0.15) is 0 Å². The molecule has 0 aromatic rings. The van der Waals surface area contributed by atoms with E-state index in [1.165, 1.54) is 0 Å². The molecule has 1 aliphatic rings. The number of ether oxygens (including phenoxy) is 1. The summed E-state index contributed by atoms with van der Waals surface area (Å²) in [6, 6.07) is -0.0537. The van der Waals surface area contributed by atoms with E-state index in [2.05, 4.69) is 5.32 Å². The van der Waals surface area contributed by atoms with Gasteiger partial charge in [-0.15, -0.1) is 0 Å². The summed E-state index contributed by atoms with van der Waals surface area (Å²) in [4.78, 5) is 11.6. The Morgan fingerprint density at radius 1 is 1.65 bits per heavy atom. The number of aliphatic hydroxyl groups is 1. The minimum absolute atomic E-state index is 0.0537. The first-order chi connectivity index (χ1) is 7.66. The van der Waals surface area contributed by atoms with Crippen LogP contribution in [0.1, 0.15) is 41.0 Å². The predicted octanol–water partition coefficient (Wildman–Crippen LogP) is 2.23. The van der Waals surface area contributed by atoms with E-state index in [1.807, 2.05) is 40.7 Å². The summed E-state index contributed by atoms with van der Waals surface area (Å²) in [5, 5.41) is 12.2. The normalized spacial score (nSPS) is 28.8. The van der Waals surface area contributed by atoms with E-state index in [0.717, 1.165) is 5.57 Å². The molecule has 4 heteroatoms. The SMILES string of the molecule is CC1=C[C@H](NC(=O)OC(C)(C)C)C[C@]1(C)CO. The second kappa shape index (κ2) is 4.69. The Labute approximate surface area is 103 Å². The summed E-state index contributed by atoms with van der Waals surface area (Å²) in [5.74, 6) is 0. The fourth-order valence-corrected chi connectivity index (χ4v) is 1.95. The molecule has 0 aliphatic heterocycles. The van der Waals surface area contributed by atoms with Crippen molar-refractivity contribution in [3.63, 3.8) is 0 Å². The lowest BCUT2D eigenvalue weighted by Gasteiger charge is -2.25. The first-order valence-electron chi connectivity index (χ1n) is 5.95. The van der Waals surface area contributed by atoms with E-state index >= 15 is 0 Å². The molecule has 0 bridgehead atoms. The van der Waals surface area contributed by atoms with Crippen molar-refractivity contribution in [3.8, 4) is 0 Å². The zero-order valence-electron chi connectivity index (χ0n) is 11.3. The molecule has 0 aromatic heterocycles. The fourth-order valence-electron chi connectivity index (χ4n) is 1.95. The number of aliphatic hydroxyl groups excluding tert-OH is 1. The molecule has 1 aliphatic carbocycles. The molecule has 0 spiro atoms. The molecule has 0 heterocycles. The summed E-state index contributed by atoms with van der Waals surface area (Å²) < 4.78 is 5.19. The molecule has 0 saturated heterocycles. The zero-order valence-corrected chi connectivity index (χ0v) is 11.3. The molecule has 0 unspecified atom stereocenters. The van der Waals surface area contributed by atoms with E-state index in [9.17, 15) is 9.90 Å². The quantitative estimate of drug-likeness (QED) is 0.729. The smallest absolute Gasteiger partial charge is 0.408 e. The average Bonchev–Trinajstić information content (AvgIpc) is 2.39. The summed E-state index contributed by atoms with van der Waals surface area (Å²) >= 11 is 0. The lowest BCUT2D eigenvalue weighted by Crippen LogP contribution is -2.38. The Morgan fingerprint density at radius 3 is 2.65 bits per heavy atom. The third-order valence-electron chi connectivity index (χ3n) is 3.12.